The van der Waals surface area contributed by atoms with Crippen LogP contribution in [0.1, 0.15) is 194 Å². The van der Waals surface area contributed by atoms with Crippen molar-refractivity contribution < 1.29 is 22.9 Å². The van der Waals surface area contributed by atoms with Crippen molar-refractivity contribution in [2.24, 2.45) is 0 Å². The zero-order chi connectivity index (χ0) is 38.9. The standard InChI is InChI=1S/C46H81NO5S/c1-3-5-7-9-11-13-15-17-19-21-23-25-27-29-31-33-35-37-39-41-45(48)44(43-53(50,51)52)47-46(49)42-40-38-36-34-32-30-28-26-24-22-20-18-16-14-12-10-8-6-4-2/h12,14,18,20,23-26,31,33,39,41,44-45,48H,3-11,13,15-17,19,21-22,27-30,32,34-38,40,42-43H2,1-2H3,(H,47,49)(H,50,51,52)/b14-12-,20-18-,25-23+,26-24-,33-31+,41-39+. The zero-order valence-electron chi connectivity index (χ0n) is 34.1. The molecule has 2 unspecified atom stereocenters. The minimum absolute atomic E-state index is 0.266. The maximum Gasteiger partial charge on any atom is 0.267 e. The fourth-order valence-corrected chi connectivity index (χ4v) is 6.81. The average Bonchev–Trinajstić information content (AvgIpc) is 3.12. The van der Waals surface area contributed by atoms with Gasteiger partial charge in [-0.3, -0.25) is 9.35 Å². The molecule has 7 heteroatoms. The predicted molar refractivity (Wildman–Crippen MR) is 230 cm³/mol. The van der Waals surface area contributed by atoms with Crippen LogP contribution >= 0.6 is 0 Å². The lowest BCUT2D eigenvalue weighted by molar-refractivity contribution is -0.122. The van der Waals surface area contributed by atoms with Crippen molar-refractivity contribution in [3.63, 3.8) is 0 Å². The molecule has 0 fully saturated rings. The van der Waals surface area contributed by atoms with Crippen molar-refractivity contribution in [3.8, 4) is 0 Å². The summed E-state index contributed by atoms with van der Waals surface area (Å²) in [6, 6.07) is -1.09. The molecular weight excluding hydrogens is 679 g/mol. The Bertz CT molecular complexity index is 1100. The largest absolute Gasteiger partial charge is 0.387 e. The van der Waals surface area contributed by atoms with E-state index in [0.717, 1.165) is 70.6 Å². The van der Waals surface area contributed by atoms with Gasteiger partial charge < -0.3 is 10.4 Å². The summed E-state index contributed by atoms with van der Waals surface area (Å²) >= 11 is 0. The number of carbonyl (C=O) groups excluding carboxylic acids is 1. The van der Waals surface area contributed by atoms with Crippen molar-refractivity contribution in [1.82, 2.24) is 5.32 Å². The summed E-state index contributed by atoms with van der Waals surface area (Å²) in [4.78, 5) is 12.5. The molecule has 3 N–H and O–H groups in total. The Labute approximate surface area is 327 Å². The van der Waals surface area contributed by atoms with Gasteiger partial charge in [-0.15, -0.1) is 0 Å². The number of amides is 1. The molecule has 0 aromatic carbocycles. The van der Waals surface area contributed by atoms with Crippen LogP contribution in [0.3, 0.4) is 0 Å². The van der Waals surface area contributed by atoms with Crippen LogP contribution in [0.25, 0.3) is 0 Å². The summed E-state index contributed by atoms with van der Waals surface area (Å²) in [7, 11) is -4.37. The van der Waals surface area contributed by atoms with Gasteiger partial charge >= 0.3 is 0 Å². The van der Waals surface area contributed by atoms with Crippen LogP contribution in [0.2, 0.25) is 0 Å². The number of allylic oxidation sites excluding steroid dienone is 11. The van der Waals surface area contributed by atoms with Crippen molar-refractivity contribution in [2.75, 3.05) is 5.75 Å². The van der Waals surface area contributed by atoms with Crippen LogP contribution in [0, 0.1) is 0 Å². The Morgan fingerprint density at radius 1 is 0.509 bits per heavy atom. The predicted octanol–water partition coefficient (Wildman–Crippen LogP) is 13.0. The first-order valence-electron chi connectivity index (χ1n) is 21.6. The molecule has 0 aromatic rings. The molecule has 0 heterocycles. The van der Waals surface area contributed by atoms with Crippen molar-refractivity contribution in [3.05, 3.63) is 72.9 Å². The normalized spacial score (nSPS) is 14.0. The van der Waals surface area contributed by atoms with Gasteiger partial charge in [-0.1, -0.05) is 177 Å². The second-order valence-corrected chi connectivity index (χ2v) is 16.1. The third-order valence-corrected chi connectivity index (χ3v) is 10.1. The van der Waals surface area contributed by atoms with E-state index in [1.165, 1.54) is 96.0 Å². The van der Waals surface area contributed by atoms with E-state index in [9.17, 15) is 22.9 Å². The smallest absolute Gasteiger partial charge is 0.267 e. The molecule has 1 amide bonds. The van der Waals surface area contributed by atoms with E-state index in [1.54, 1.807) is 6.08 Å². The van der Waals surface area contributed by atoms with Gasteiger partial charge in [0.25, 0.3) is 10.1 Å². The van der Waals surface area contributed by atoms with E-state index in [1.807, 2.05) is 0 Å². The maximum absolute atomic E-state index is 12.5. The molecule has 0 aromatic heterocycles. The summed E-state index contributed by atoms with van der Waals surface area (Å²) in [5.74, 6) is -1.03. The van der Waals surface area contributed by atoms with Crippen LogP contribution in [0.15, 0.2) is 72.9 Å². The van der Waals surface area contributed by atoms with Gasteiger partial charge in [0.2, 0.25) is 5.91 Å². The number of hydrogen-bond acceptors (Lipinski definition) is 4. The Morgan fingerprint density at radius 3 is 1.36 bits per heavy atom. The number of aliphatic hydroxyl groups excluding tert-OH is 1. The number of rotatable bonds is 38. The maximum atomic E-state index is 12.5. The molecule has 306 valence electrons. The molecule has 0 saturated carbocycles. The minimum Gasteiger partial charge on any atom is -0.387 e. The fourth-order valence-electron chi connectivity index (χ4n) is 6.08. The summed E-state index contributed by atoms with van der Waals surface area (Å²) in [5, 5.41) is 13.2. The van der Waals surface area contributed by atoms with Crippen molar-refractivity contribution in [1.29, 1.82) is 0 Å². The van der Waals surface area contributed by atoms with E-state index in [2.05, 4.69) is 79.9 Å². The van der Waals surface area contributed by atoms with Crippen LogP contribution in [0.4, 0.5) is 0 Å². The minimum atomic E-state index is -4.37. The summed E-state index contributed by atoms with van der Waals surface area (Å²) in [6.45, 7) is 4.49. The highest BCUT2D eigenvalue weighted by molar-refractivity contribution is 7.85. The lowest BCUT2D eigenvalue weighted by Crippen LogP contribution is -2.46. The quantitative estimate of drug-likeness (QED) is 0.0330. The highest BCUT2D eigenvalue weighted by atomic mass is 32.2. The van der Waals surface area contributed by atoms with E-state index in [-0.39, 0.29) is 12.3 Å². The fraction of sp³-hybridized carbons (Fsp3) is 0.717. The molecule has 0 saturated heterocycles. The van der Waals surface area contributed by atoms with Gasteiger partial charge in [0.1, 0.15) is 0 Å². The van der Waals surface area contributed by atoms with Gasteiger partial charge in [-0.05, 0) is 83.5 Å². The number of unbranched alkanes of at least 4 members (excludes halogenated alkanes) is 20. The number of hydrogen-bond donors (Lipinski definition) is 3. The topological polar surface area (TPSA) is 104 Å². The molecule has 0 rings (SSSR count). The van der Waals surface area contributed by atoms with Gasteiger partial charge in [0.15, 0.2) is 0 Å². The molecule has 53 heavy (non-hydrogen) atoms. The number of carbonyl (C=O) groups is 1. The van der Waals surface area contributed by atoms with Gasteiger partial charge in [0.05, 0.1) is 17.9 Å². The molecule has 6 nitrogen and oxygen atoms in total. The van der Waals surface area contributed by atoms with Crippen molar-refractivity contribution >= 4 is 16.0 Å². The molecule has 2 atom stereocenters. The summed E-state index contributed by atoms with van der Waals surface area (Å²) in [5.41, 5.74) is 0. The van der Waals surface area contributed by atoms with Crippen LogP contribution in [-0.2, 0) is 14.9 Å². The summed E-state index contributed by atoms with van der Waals surface area (Å²) in [6.07, 6.45) is 56.0. The third-order valence-electron chi connectivity index (χ3n) is 9.33. The second-order valence-electron chi connectivity index (χ2n) is 14.6. The lowest BCUT2D eigenvalue weighted by Gasteiger charge is -2.21. The highest BCUT2D eigenvalue weighted by Crippen LogP contribution is 2.12. The Kier molecular flexibility index (Phi) is 37.8. The third kappa shape index (κ3) is 40.8. The van der Waals surface area contributed by atoms with E-state index >= 15 is 0 Å². The first-order valence-corrected chi connectivity index (χ1v) is 23.2. The van der Waals surface area contributed by atoms with Crippen LogP contribution < -0.4 is 5.32 Å². The van der Waals surface area contributed by atoms with Gasteiger partial charge in [-0.2, -0.15) is 8.42 Å². The first kappa shape index (κ1) is 50.8. The molecule has 0 bridgehead atoms. The monoisotopic (exact) mass is 760 g/mol. The van der Waals surface area contributed by atoms with Crippen LogP contribution in [-0.4, -0.2) is 41.9 Å². The Hall–Kier alpha value is -2.22. The number of aliphatic hydroxyl groups is 1. The highest BCUT2D eigenvalue weighted by Gasteiger charge is 2.24. The Morgan fingerprint density at radius 2 is 0.868 bits per heavy atom. The Balaban J connectivity index is 4.02. The van der Waals surface area contributed by atoms with Crippen molar-refractivity contribution in [2.45, 2.75) is 206 Å². The summed E-state index contributed by atoms with van der Waals surface area (Å²) < 4.78 is 32.5. The van der Waals surface area contributed by atoms with E-state index < -0.39 is 28.0 Å². The van der Waals surface area contributed by atoms with E-state index in [4.69, 9.17) is 0 Å². The molecule has 0 aliphatic rings. The molecule has 0 radical (unpaired) electrons. The van der Waals surface area contributed by atoms with Crippen LogP contribution in [0.5, 0.6) is 0 Å². The molecular formula is C46H81NO5S. The SMILES string of the molecule is CCCCC/C=C\C/C=C\C/C=C\CCCCCCCCC(=O)NC(CS(=O)(=O)O)C(O)/C=C/CC/C=C/CC/C=C/CCCCCCCCCCC. The van der Waals surface area contributed by atoms with Gasteiger partial charge in [-0.25, -0.2) is 0 Å². The number of nitrogens with one attached hydrogen (secondary N) is 1. The molecule has 0 aliphatic carbocycles. The molecule has 0 aliphatic heterocycles. The first-order chi connectivity index (χ1) is 25.8. The lowest BCUT2D eigenvalue weighted by atomic mass is 10.1. The zero-order valence-corrected chi connectivity index (χ0v) is 34.9. The average molecular weight is 760 g/mol. The van der Waals surface area contributed by atoms with E-state index in [0.29, 0.717) is 12.8 Å². The molecule has 0 spiro atoms. The van der Waals surface area contributed by atoms with Gasteiger partial charge in [0, 0.05) is 6.42 Å². The second kappa shape index (κ2) is 39.5.